The summed E-state index contributed by atoms with van der Waals surface area (Å²) in [5.41, 5.74) is 4.78. The molecule has 0 aliphatic heterocycles. The second kappa shape index (κ2) is 12.2. The third-order valence-corrected chi connectivity index (χ3v) is 7.44. The molecule has 2 N–H and O–H groups in total. The number of benzene rings is 3. The number of aromatic nitrogens is 1. The van der Waals surface area contributed by atoms with Gasteiger partial charge in [-0.15, -0.1) is 0 Å². The van der Waals surface area contributed by atoms with E-state index >= 15 is 0 Å². The molecule has 7 heteroatoms. The molecule has 0 saturated carbocycles. The Labute approximate surface area is 232 Å². The van der Waals surface area contributed by atoms with Gasteiger partial charge in [-0.2, -0.15) is 0 Å². The van der Waals surface area contributed by atoms with Crippen molar-refractivity contribution in [3.05, 3.63) is 104 Å². The molecule has 1 aromatic heterocycles. The molecule has 1 amide bonds. The quantitative estimate of drug-likeness (QED) is 0.206. The van der Waals surface area contributed by atoms with Crippen LogP contribution in [0.25, 0.3) is 10.9 Å². The summed E-state index contributed by atoms with van der Waals surface area (Å²) in [6.07, 6.45) is 4.25. The maximum absolute atomic E-state index is 12.6. The van der Waals surface area contributed by atoms with Crippen LogP contribution in [0.1, 0.15) is 72.0 Å². The van der Waals surface area contributed by atoms with E-state index in [0.29, 0.717) is 33.6 Å². The van der Waals surface area contributed by atoms with Crippen LogP contribution in [-0.4, -0.2) is 23.2 Å². The zero-order valence-electron chi connectivity index (χ0n) is 20.8. The minimum Gasteiger partial charge on any atom is -0.360 e. The van der Waals surface area contributed by atoms with E-state index in [1.807, 2.05) is 48.7 Å². The Morgan fingerprint density at radius 2 is 1.59 bits per heavy atom. The lowest BCUT2D eigenvalue weighted by Gasteiger charge is -2.28. The van der Waals surface area contributed by atoms with Crippen molar-refractivity contribution in [2.75, 3.05) is 6.54 Å². The normalized spacial score (nSPS) is 12.9. The van der Waals surface area contributed by atoms with Crippen molar-refractivity contribution in [2.45, 2.75) is 44.9 Å². The fraction of sp³-hybridized carbons (Fsp3) is 0.267. The van der Waals surface area contributed by atoms with Gasteiger partial charge in [-0.1, -0.05) is 72.4 Å². The maximum atomic E-state index is 12.6. The zero-order chi connectivity index (χ0) is 26.5. The topological polar surface area (TPSA) is 62.0 Å². The molecule has 0 radical (unpaired) electrons. The number of Topliss-reactive ketones (excluding diaryl/α,β-unsaturated/α-hetero) is 1. The summed E-state index contributed by atoms with van der Waals surface area (Å²) in [7, 11) is 0. The van der Waals surface area contributed by atoms with E-state index in [2.05, 4.69) is 29.4 Å². The van der Waals surface area contributed by atoms with Crippen molar-refractivity contribution in [3.63, 3.8) is 0 Å². The number of carbonyl (C=O) groups excluding carboxylic acids is 2. The van der Waals surface area contributed by atoms with Gasteiger partial charge in [0.15, 0.2) is 0 Å². The zero-order valence-corrected chi connectivity index (χ0v) is 23.1. The van der Waals surface area contributed by atoms with Gasteiger partial charge in [0.1, 0.15) is 5.78 Å². The second-order valence-electron chi connectivity index (χ2n) is 9.31. The Kier molecular flexibility index (Phi) is 8.96. The summed E-state index contributed by atoms with van der Waals surface area (Å²) in [6, 6.07) is 19.4. The van der Waals surface area contributed by atoms with Gasteiger partial charge in [-0.25, -0.2) is 0 Å². The Morgan fingerprint density at radius 1 is 0.919 bits per heavy atom. The molecule has 0 fully saturated rings. The molecular formula is C30H29Cl3N2O2. The van der Waals surface area contributed by atoms with Crippen LogP contribution in [0, 0.1) is 0 Å². The van der Waals surface area contributed by atoms with E-state index < -0.39 is 0 Å². The highest BCUT2D eigenvalue weighted by molar-refractivity contribution is 6.38. The average Bonchev–Trinajstić information content (AvgIpc) is 3.28. The molecule has 0 aliphatic rings. The summed E-state index contributed by atoms with van der Waals surface area (Å²) in [5.74, 6) is -0.0188. The van der Waals surface area contributed by atoms with Gasteiger partial charge >= 0.3 is 0 Å². The Bertz CT molecular complexity index is 1400. The summed E-state index contributed by atoms with van der Waals surface area (Å²) < 4.78 is 0. The summed E-state index contributed by atoms with van der Waals surface area (Å²) >= 11 is 19.2. The number of nitrogens with one attached hydrogen (secondary N) is 2. The summed E-state index contributed by atoms with van der Waals surface area (Å²) in [6.45, 7) is 4.02. The lowest BCUT2D eigenvalue weighted by molar-refractivity contribution is -0.116. The molecule has 4 nitrogen and oxygen atoms in total. The van der Waals surface area contributed by atoms with Crippen molar-refractivity contribution < 1.29 is 9.59 Å². The number of fused-ring (bicyclic) bond motifs is 1. The van der Waals surface area contributed by atoms with Gasteiger partial charge in [-0.05, 0) is 72.4 Å². The number of hydrogen-bond donors (Lipinski definition) is 2. The Morgan fingerprint density at radius 3 is 2.24 bits per heavy atom. The van der Waals surface area contributed by atoms with E-state index in [1.165, 1.54) is 6.92 Å². The molecular weight excluding hydrogens is 527 g/mol. The first-order valence-corrected chi connectivity index (χ1v) is 13.5. The highest BCUT2D eigenvalue weighted by atomic mass is 35.5. The SMILES string of the molecule is CCC[C@H](c1ccc(C(=O)NCCC(C)=O)cc1)[C@H](c1ccc(Cl)cc1)c1c[nH]c2c(Cl)cc(Cl)cc12. The van der Waals surface area contributed by atoms with Crippen LogP contribution in [0.3, 0.4) is 0 Å². The van der Waals surface area contributed by atoms with Crippen LogP contribution >= 0.6 is 34.8 Å². The maximum Gasteiger partial charge on any atom is 0.251 e. The molecule has 4 aromatic rings. The lowest BCUT2D eigenvalue weighted by atomic mass is 9.75. The fourth-order valence-electron chi connectivity index (χ4n) is 4.90. The fourth-order valence-corrected chi connectivity index (χ4v) is 5.58. The number of amides is 1. The van der Waals surface area contributed by atoms with Gasteiger partial charge in [0.2, 0.25) is 0 Å². The van der Waals surface area contributed by atoms with E-state index in [1.54, 1.807) is 6.07 Å². The third kappa shape index (κ3) is 6.38. The standard InChI is InChI=1S/C30H29Cl3N2O2/c1-3-4-24(19-5-7-21(8-6-19)30(37)34-14-13-18(2)36)28(20-9-11-22(31)12-10-20)26-17-35-29-25(26)15-23(32)16-27(29)33/h5-12,15-17,24,28,35H,3-4,13-14H2,1-2H3,(H,34,37)/t24-,28+/m1/s1. The van der Waals surface area contributed by atoms with Gasteiger partial charge in [0.05, 0.1) is 10.5 Å². The minimum absolute atomic E-state index is 0.00394. The predicted octanol–water partition coefficient (Wildman–Crippen LogP) is 8.55. The summed E-state index contributed by atoms with van der Waals surface area (Å²) in [4.78, 5) is 27.1. The molecule has 4 rings (SSSR count). The van der Waals surface area contributed by atoms with Crippen LogP contribution in [0.2, 0.25) is 15.1 Å². The molecule has 0 unspecified atom stereocenters. The van der Waals surface area contributed by atoms with Gasteiger partial charge in [-0.3, -0.25) is 9.59 Å². The Balaban J connectivity index is 1.76. The number of halogens is 3. The lowest BCUT2D eigenvalue weighted by Crippen LogP contribution is -2.25. The van der Waals surface area contributed by atoms with Crippen molar-refractivity contribution in [2.24, 2.45) is 0 Å². The van der Waals surface area contributed by atoms with Crippen molar-refractivity contribution >= 4 is 57.4 Å². The second-order valence-corrected chi connectivity index (χ2v) is 10.6. The highest BCUT2D eigenvalue weighted by Gasteiger charge is 2.29. The minimum atomic E-state index is -0.185. The molecule has 0 aliphatic carbocycles. The van der Waals surface area contributed by atoms with Crippen LogP contribution < -0.4 is 5.32 Å². The largest absolute Gasteiger partial charge is 0.360 e. The highest BCUT2D eigenvalue weighted by Crippen LogP contribution is 2.45. The third-order valence-electron chi connectivity index (χ3n) is 6.67. The molecule has 37 heavy (non-hydrogen) atoms. The van der Waals surface area contributed by atoms with Crippen LogP contribution in [0.15, 0.2) is 66.9 Å². The van der Waals surface area contributed by atoms with Crippen molar-refractivity contribution in [1.29, 1.82) is 0 Å². The number of hydrogen-bond acceptors (Lipinski definition) is 2. The smallest absolute Gasteiger partial charge is 0.251 e. The van der Waals surface area contributed by atoms with E-state index in [9.17, 15) is 9.59 Å². The molecule has 0 bridgehead atoms. The molecule has 2 atom stereocenters. The first-order chi connectivity index (χ1) is 17.8. The molecule has 0 spiro atoms. The van der Waals surface area contributed by atoms with Crippen molar-refractivity contribution in [1.82, 2.24) is 10.3 Å². The average molecular weight is 556 g/mol. The number of ketones is 1. The van der Waals surface area contributed by atoms with E-state index in [4.69, 9.17) is 34.8 Å². The van der Waals surface area contributed by atoms with Crippen LogP contribution in [0.5, 0.6) is 0 Å². The summed E-state index contributed by atoms with van der Waals surface area (Å²) in [5, 5.41) is 5.64. The van der Waals surface area contributed by atoms with Gasteiger partial charge in [0.25, 0.3) is 5.91 Å². The van der Waals surface area contributed by atoms with Gasteiger partial charge < -0.3 is 10.3 Å². The van der Waals surface area contributed by atoms with E-state index in [0.717, 1.165) is 40.4 Å². The first kappa shape index (κ1) is 27.3. The Hall–Kier alpha value is -2.79. The number of carbonyl (C=O) groups is 2. The number of H-pyrrole nitrogens is 1. The van der Waals surface area contributed by atoms with Crippen LogP contribution in [0.4, 0.5) is 0 Å². The number of rotatable bonds is 10. The molecule has 0 saturated heterocycles. The van der Waals surface area contributed by atoms with Crippen molar-refractivity contribution in [3.8, 4) is 0 Å². The molecule has 192 valence electrons. The van der Waals surface area contributed by atoms with E-state index in [-0.39, 0.29) is 23.5 Å². The van der Waals surface area contributed by atoms with Crippen LogP contribution in [-0.2, 0) is 4.79 Å². The first-order valence-electron chi connectivity index (χ1n) is 12.4. The molecule has 1 heterocycles. The van der Waals surface area contributed by atoms with Gasteiger partial charge in [0, 0.05) is 46.1 Å². The monoisotopic (exact) mass is 554 g/mol. The molecule has 3 aromatic carbocycles. The number of aromatic amines is 1. The predicted molar refractivity (Wildman–Crippen MR) is 153 cm³/mol.